The molecule has 0 radical (unpaired) electrons. The molecule has 0 bridgehead atoms. The van der Waals surface area contributed by atoms with Gasteiger partial charge >= 0.3 is 0 Å². The fourth-order valence-electron chi connectivity index (χ4n) is 1.80. The largest absolute Gasteiger partial charge is 0.367 e. The van der Waals surface area contributed by atoms with Crippen molar-refractivity contribution in [1.82, 2.24) is 10.6 Å². The number of ether oxygens (including phenoxy) is 1. The summed E-state index contributed by atoms with van der Waals surface area (Å²) < 4.78 is 5.38. The van der Waals surface area contributed by atoms with Crippen LogP contribution in [-0.4, -0.2) is 38.3 Å². The van der Waals surface area contributed by atoms with Gasteiger partial charge in [-0.3, -0.25) is 4.79 Å². The number of nitrogens with one attached hydrogen (secondary N) is 2. The maximum absolute atomic E-state index is 11.6. The van der Waals surface area contributed by atoms with Gasteiger partial charge in [0.25, 0.3) is 0 Å². The zero-order valence-electron chi connectivity index (χ0n) is 9.71. The normalized spacial score (nSPS) is 19.1. The molecule has 1 atom stereocenters. The van der Waals surface area contributed by atoms with Gasteiger partial charge in [-0.15, -0.1) is 0 Å². The van der Waals surface area contributed by atoms with Crippen LogP contribution in [0.2, 0.25) is 0 Å². The smallest absolute Gasteiger partial charge is 0.249 e. The number of carbonyl (C=O) groups is 1. The van der Waals surface area contributed by atoms with Crippen LogP contribution >= 0.6 is 0 Å². The summed E-state index contributed by atoms with van der Waals surface area (Å²) in [5.74, 6) is 0.0259. The molecule has 88 valence electrons. The van der Waals surface area contributed by atoms with Crippen LogP contribution in [-0.2, 0) is 9.53 Å². The minimum atomic E-state index is -0.334. The van der Waals surface area contributed by atoms with Crippen LogP contribution in [0.15, 0.2) is 0 Å². The van der Waals surface area contributed by atoms with Crippen LogP contribution < -0.4 is 10.6 Å². The van der Waals surface area contributed by atoms with Crippen molar-refractivity contribution in [1.29, 1.82) is 0 Å². The Morgan fingerprint density at radius 1 is 1.47 bits per heavy atom. The second-order valence-corrected chi connectivity index (χ2v) is 4.11. The van der Waals surface area contributed by atoms with Crippen molar-refractivity contribution < 1.29 is 9.53 Å². The molecule has 0 heterocycles. The molecule has 1 aliphatic carbocycles. The van der Waals surface area contributed by atoms with E-state index < -0.39 is 0 Å². The summed E-state index contributed by atoms with van der Waals surface area (Å²) in [4.78, 5) is 11.6. The first-order valence-corrected chi connectivity index (χ1v) is 5.80. The monoisotopic (exact) mass is 214 g/mol. The van der Waals surface area contributed by atoms with Crippen molar-refractivity contribution in [2.75, 3.05) is 20.2 Å². The summed E-state index contributed by atoms with van der Waals surface area (Å²) in [5, 5.41) is 6.00. The molecule has 1 saturated carbocycles. The van der Waals surface area contributed by atoms with Crippen molar-refractivity contribution in [2.45, 2.75) is 44.8 Å². The second-order valence-electron chi connectivity index (χ2n) is 4.11. The van der Waals surface area contributed by atoms with E-state index in [0.29, 0.717) is 12.6 Å². The fraction of sp³-hybridized carbons (Fsp3) is 0.909. The lowest BCUT2D eigenvalue weighted by molar-refractivity contribution is -0.132. The molecule has 4 heteroatoms. The molecule has 0 spiro atoms. The van der Waals surface area contributed by atoms with Crippen LogP contribution in [0.25, 0.3) is 0 Å². The minimum Gasteiger partial charge on any atom is -0.367 e. The van der Waals surface area contributed by atoms with E-state index in [1.54, 1.807) is 6.92 Å². The molecule has 1 aliphatic rings. The van der Waals surface area contributed by atoms with Crippen molar-refractivity contribution in [3.63, 3.8) is 0 Å². The first-order chi connectivity index (χ1) is 7.24. The molecule has 0 aromatic carbocycles. The van der Waals surface area contributed by atoms with E-state index in [9.17, 15) is 4.79 Å². The van der Waals surface area contributed by atoms with Crippen molar-refractivity contribution >= 4 is 5.91 Å². The van der Waals surface area contributed by atoms with Crippen LogP contribution in [0.3, 0.4) is 0 Å². The molecular formula is C11H22N2O2. The summed E-state index contributed by atoms with van der Waals surface area (Å²) in [6.07, 6.45) is 4.38. The standard InChI is InChI=1S/C11H22N2O2/c1-9(15-8-7-12-2)11(14)13-10-5-3-4-6-10/h9-10,12H,3-8H2,1-2H3,(H,13,14). The molecule has 0 aromatic rings. The van der Waals surface area contributed by atoms with Crippen molar-refractivity contribution in [3.8, 4) is 0 Å². The maximum atomic E-state index is 11.6. The van der Waals surface area contributed by atoms with Crippen LogP contribution in [0.1, 0.15) is 32.6 Å². The number of rotatable bonds is 6. The molecule has 1 amide bonds. The SMILES string of the molecule is CNCCOC(C)C(=O)NC1CCCC1. The Morgan fingerprint density at radius 2 is 2.13 bits per heavy atom. The predicted octanol–water partition coefficient (Wildman–Crippen LogP) is 0.670. The lowest BCUT2D eigenvalue weighted by Gasteiger charge is -2.17. The summed E-state index contributed by atoms with van der Waals surface area (Å²) in [6.45, 7) is 3.16. The van der Waals surface area contributed by atoms with E-state index >= 15 is 0 Å². The first-order valence-electron chi connectivity index (χ1n) is 5.80. The number of carbonyl (C=O) groups excluding carboxylic acids is 1. The molecule has 0 aromatic heterocycles. The summed E-state index contributed by atoms with van der Waals surface area (Å²) in [6, 6.07) is 0.382. The quantitative estimate of drug-likeness (QED) is 0.639. The van der Waals surface area contributed by atoms with Gasteiger partial charge in [0.2, 0.25) is 5.91 Å². The van der Waals surface area contributed by atoms with Gasteiger partial charge in [0.15, 0.2) is 0 Å². The topological polar surface area (TPSA) is 50.4 Å². The van der Waals surface area contributed by atoms with E-state index in [1.165, 1.54) is 12.8 Å². The maximum Gasteiger partial charge on any atom is 0.249 e. The van der Waals surface area contributed by atoms with Gasteiger partial charge in [0, 0.05) is 12.6 Å². The zero-order valence-corrected chi connectivity index (χ0v) is 9.71. The third kappa shape index (κ3) is 4.62. The molecular weight excluding hydrogens is 192 g/mol. The number of hydrogen-bond donors (Lipinski definition) is 2. The second kappa shape index (κ2) is 6.80. The number of likely N-dealkylation sites (N-methyl/N-ethyl adjacent to an activating group) is 1. The third-order valence-electron chi connectivity index (χ3n) is 2.79. The van der Waals surface area contributed by atoms with Crippen molar-refractivity contribution in [3.05, 3.63) is 0 Å². The molecule has 4 nitrogen and oxygen atoms in total. The van der Waals surface area contributed by atoms with Gasteiger partial charge < -0.3 is 15.4 Å². The highest BCUT2D eigenvalue weighted by Crippen LogP contribution is 2.17. The summed E-state index contributed by atoms with van der Waals surface area (Å²) >= 11 is 0. The Labute approximate surface area is 91.8 Å². The molecule has 2 N–H and O–H groups in total. The lowest BCUT2D eigenvalue weighted by Crippen LogP contribution is -2.40. The van der Waals surface area contributed by atoms with Crippen LogP contribution in [0.4, 0.5) is 0 Å². The van der Waals surface area contributed by atoms with Gasteiger partial charge in [-0.1, -0.05) is 12.8 Å². The third-order valence-corrected chi connectivity index (χ3v) is 2.79. The van der Waals surface area contributed by atoms with Gasteiger partial charge in [-0.2, -0.15) is 0 Å². The minimum absolute atomic E-state index is 0.0259. The Bertz CT molecular complexity index is 191. The van der Waals surface area contributed by atoms with E-state index in [-0.39, 0.29) is 12.0 Å². The highest BCUT2D eigenvalue weighted by molar-refractivity contribution is 5.80. The van der Waals surface area contributed by atoms with Gasteiger partial charge in [-0.05, 0) is 26.8 Å². The van der Waals surface area contributed by atoms with Gasteiger partial charge in [0.05, 0.1) is 6.61 Å². The van der Waals surface area contributed by atoms with Crippen molar-refractivity contribution in [2.24, 2.45) is 0 Å². The average molecular weight is 214 g/mol. The average Bonchev–Trinajstić information content (AvgIpc) is 2.70. The first kappa shape index (κ1) is 12.5. The molecule has 1 fully saturated rings. The Balaban J connectivity index is 2.14. The number of hydrogen-bond acceptors (Lipinski definition) is 3. The highest BCUT2D eigenvalue weighted by Gasteiger charge is 2.20. The molecule has 0 aliphatic heterocycles. The van der Waals surface area contributed by atoms with E-state index in [4.69, 9.17) is 4.74 Å². The molecule has 0 saturated heterocycles. The van der Waals surface area contributed by atoms with Gasteiger partial charge in [0.1, 0.15) is 6.10 Å². The van der Waals surface area contributed by atoms with E-state index in [1.807, 2.05) is 7.05 Å². The molecule has 15 heavy (non-hydrogen) atoms. The lowest BCUT2D eigenvalue weighted by atomic mass is 10.2. The summed E-state index contributed by atoms with van der Waals surface area (Å²) in [5.41, 5.74) is 0. The van der Waals surface area contributed by atoms with E-state index in [2.05, 4.69) is 10.6 Å². The summed E-state index contributed by atoms with van der Waals surface area (Å²) in [7, 11) is 1.87. The predicted molar refractivity (Wildman–Crippen MR) is 59.7 cm³/mol. The molecule has 1 rings (SSSR count). The van der Waals surface area contributed by atoms with Gasteiger partial charge in [-0.25, -0.2) is 0 Å². The van der Waals surface area contributed by atoms with Crippen LogP contribution in [0, 0.1) is 0 Å². The fourth-order valence-corrected chi connectivity index (χ4v) is 1.80. The highest BCUT2D eigenvalue weighted by atomic mass is 16.5. The number of amides is 1. The zero-order chi connectivity index (χ0) is 11.1. The van der Waals surface area contributed by atoms with Crippen LogP contribution in [0.5, 0.6) is 0 Å². The Hall–Kier alpha value is -0.610. The molecule has 1 unspecified atom stereocenters. The van der Waals surface area contributed by atoms with E-state index in [0.717, 1.165) is 19.4 Å². The Kier molecular flexibility index (Phi) is 5.65. The Morgan fingerprint density at radius 3 is 2.73 bits per heavy atom.